The number of unbranched alkanes of at least 4 members (excludes halogenated alkanes) is 26. The molecule has 1 unspecified atom stereocenters. The molecule has 0 aromatic carbocycles. The number of carbonyl (C=O) groups is 3. The summed E-state index contributed by atoms with van der Waals surface area (Å²) < 4.78 is 16.7. The van der Waals surface area contributed by atoms with E-state index in [0.29, 0.717) is 19.3 Å². The van der Waals surface area contributed by atoms with Crippen LogP contribution < -0.4 is 0 Å². The Morgan fingerprint density at radius 1 is 0.323 bits per heavy atom. The van der Waals surface area contributed by atoms with Crippen molar-refractivity contribution in [3.8, 4) is 0 Å². The van der Waals surface area contributed by atoms with Crippen molar-refractivity contribution < 1.29 is 28.6 Å². The molecule has 0 aliphatic carbocycles. The van der Waals surface area contributed by atoms with Crippen LogP contribution in [0.4, 0.5) is 0 Å². The fourth-order valence-electron chi connectivity index (χ4n) is 7.65. The number of carbonyl (C=O) groups excluding carboxylic acids is 3. The van der Waals surface area contributed by atoms with Gasteiger partial charge in [-0.25, -0.2) is 0 Å². The maximum absolute atomic E-state index is 12.7. The minimum Gasteiger partial charge on any atom is -0.462 e. The van der Waals surface area contributed by atoms with Crippen LogP contribution in [0.15, 0.2) is 72.9 Å². The molecule has 0 spiro atoms. The average molecular weight is 907 g/mol. The van der Waals surface area contributed by atoms with E-state index in [1.54, 1.807) is 0 Å². The van der Waals surface area contributed by atoms with E-state index in [0.717, 1.165) is 77.0 Å². The fourth-order valence-corrected chi connectivity index (χ4v) is 7.65. The first-order chi connectivity index (χ1) is 32.0. The summed E-state index contributed by atoms with van der Waals surface area (Å²) in [6.07, 6.45) is 67.9. The molecule has 374 valence electrons. The van der Waals surface area contributed by atoms with E-state index >= 15 is 0 Å². The molecule has 65 heavy (non-hydrogen) atoms. The summed E-state index contributed by atoms with van der Waals surface area (Å²) in [5, 5.41) is 0. The fraction of sp³-hybridized carbons (Fsp3) is 0.746. The Hall–Kier alpha value is -3.15. The predicted octanol–water partition coefficient (Wildman–Crippen LogP) is 18.2. The summed E-state index contributed by atoms with van der Waals surface area (Å²) in [7, 11) is 0. The molecule has 0 amide bonds. The highest BCUT2D eigenvalue weighted by molar-refractivity contribution is 5.71. The summed E-state index contributed by atoms with van der Waals surface area (Å²) in [6.45, 7) is 6.44. The number of rotatable bonds is 49. The lowest BCUT2D eigenvalue weighted by molar-refractivity contribution is -0.166. The highest BCUT2D eigenvalue weighted by Gasteiger charge is 2.19. The van der Waals surface area contributed by atoms with Gasteiger partial charge in [0.2, 0.25) is 0 Å². The van der Waals surface area contributed by atoms with Crippen molar-refractivity contribution in [2.45, 2.75) is 271 Å². The molecular formula is C59H102O6. The van der Waals surface area contributed by atoms with Gasteiger partial charge in [0.25, 0.3) is 0 Å². The van der Waals surface area contributed by atoms with Crippen LogP contribution in [0, 0.1) is 0 Å². The molecule has 0 fully saturated rings. The molecule has 0 N–H and O–H groups in total. The van der Waals surface area contributed by atoms with Crippen molar-refractivity contribution >= 4 is 17.9 Å². The maximum Gasteiger partial charge on any atom is 0.306 e. The van der Waals surface area contributed by atoms with Crippen molar-refractivity contribution in [2.24, 2.45) is 0 Å². The van der Waals surface area contributed by atoms with Gasteiger partial charge in [-0.1, -0.05) is 261 Å². The largest absolute Gasteiger partial charge is 0.462 e. The second-order valence-corrected chi connectivity index (χ2v) is 18.1. The van der Waals surface area contributed by atoms with E-state index in [4.69, 9.17) is 14.2 Å². The average Bonchev–Trinajstić information content (AvgIpc) is 3.30. The van der Waals surface area contributed by atoms with E-state index in [-0.39, 0.29) is 31.6 Å². The van der Waals surface area contributed by atoms with Crippen molar-refractivity contribution in [1.29, 1.82) is 0 Å². The Balaban J connectivity index is 4.30. The minimum absolute atomic E-state index is 0.103. The van der Waals surface area contributed by atoms with Crippen LogP contribution in [0.5, 0.6) is 0 Å². The molecule has 6 heteroatoms. The molecule has 1 atom stereocenters. The second kappa shape index (κ2) is 53.5. The predicted molar refractivity (Wildman–Crippen MR) is 279 cm³/mol. The van der Waals surface area contributed by atoms with E-state index in [1.807, 2.05) is 12.2 Å². The van der Waals surface area contributed by atoms with Gasteiger partial charge in [-0.15, -0.1) is 0 Å². The van der Waals surface area contributed by atoms with Gasteiger partial charge >= 0.3 is 17.9 Å². The third-order valence-electron chi connectivity index (χ3n) is 11.7. The highest BCUT2D eigenvalue weighted by atomic mass is 16.6. The van der Waals surface area contributed by atoms with Gasteiger partial charge < -0.3 is 14.2 Å². The Morgan fingerprint density at radius 3 is 0.908 bits per heavy atom. The molecule has 0 saturated heterocycles. The highest BCUT2D eigenvalue weighted by Crippen LogP contribution is 2.16. The SMILES string of the molecule is CC/C=C\C/C=C\C/C=C\C/C=C\C/C=C\C/C=C\CCC(=O)OC(COC(=O)CCCCCCCCC)COC(=O)CCCCCCCCCCCCCCCCCCCCCCC. The monoisotopic (exact) mass is 907 g/mol. The topological polar surface area (TPSA) is 78.9 Å². The first-order valence-electron chi connectivity index (χ1n) is 27.4. The van der Waals surface area contributed by atoms with E-state index in [9.17, 15) is 14.4 Å². The van der Waals surface area contributed by atoms with E-state index in [2.05, 4.69) is 81.5 Å². The van der Waals surface area contributed by atoms with Crippen LogP contribution in [0.25, 0.3) is 0 Å². The third kappa shape index (κ3) is 51.7. The lowest BCUT2D eigenvalue weighted by Crippen LogP contribution is -2.30. The van der Waals surface area contributed by atoms with Crippen LogP contribution in [0.1, 0.15) is 265 Å². The molecule has 0 saturated carbocycles. The zero-order valence-corrected chi connectivity index (χ0v) is 42.7. The number of hydrogen-bond acceptors (Lipinski definition) is 6. The smallest absolute Gasteiger partial charge is 0.306 e. The lowest BCUT2D eigenvalue weighted by Gasteiger charge is -2.18. The summed E-state index contributed by atoms with van der Waals surface area (Å²) in [6, 6.07) is 0. The molecule has 0 aliphatic heterocycles. The maximum atomic E-state index is 12.7. The van der Waals surface area contributed by atoms with Crippen molar-refractivity contribution in [2.75, 3.05) is 13.2 Å². The number of allylic oxidation sites excluding steroid dienone is 12. The van der Waals surface area contributed by atoms with Gasteiger partial charge in [-0.05, 0) is 57.8 Å². The van der Waals surface area contributed by atoms with E-state index in [1.165, 1.54) is 141 Å². The molecule has 6 nitrogen and oxygen atoms in total. The van der Waals surface area contributed by atoms with Crippen LogP contribution in [0.2, 0.25) is 0 Å². The normalized spacial score (nSPS) is 12.6. The van der Waals surface area contributed by atoms with Gasteiger partial charge in [0.05, 0.1) is 0 Å². The van der Waals surface area contributed by atoms with Crippen LogP contribution in [0.3, 0.4) is 0 Å². The Morgan fingerprint density at radius 2 is 0.600 bits per heavy atom. The molecule has 0 aliphatic rings. The lowest BCUT2D eigenvalue weighted by atomic mass is 10.0. The molecule has 0 rings (SSSR count). The quantitative estimate of drug-likeness (QED) is 0.0262. The molecular weight excluding hydrogens is 805 g/mol. The Bertz CT molecular complexity index is 1230. The van der Waals surface area contributed by atoms with Crippen molar-refractivity contribution in [3.05, 3.63) is 72.9 Å². The van der Waals surface area contributed by atoms with Gasteiger partial charge in [-0.3, -0.25) is 14.4 Å². The van der Waals surface area contributed by atoms with Crippen molar-refractivity contribution in [1.82, 2.24) is 0 Å². The third-order valence-corrected chi connectivity index (χ3v) is 11.7. The summed E-state index contributed by atoms with van der Waals surface area (Å²) in [5.74, 6) is -0.988. The molecule has 0 radical (unpaired) electrons. The van der Waals surface area contributed by atoms with Crippen LogP contribution >= 0.6 is 0 Å². The Labute approximate surface area is 402 Å². The summed E-state index contributed by atoms with van der Waals surface area (Å²) >= 11 is 0. The van der Waals surface area contributed by atoms with Crippen LogP contribution in [-0.2, 0) is 28.6 Å². The van der Waals surface area contributed by atoms with Gasteiger partial charge in [-0.2, -0.15) is 0 Å². The second-order valence-electron chi connectivity index (χ2n) is 18.1. The van der Waals surface area contributed by atoms with E-state index < -0.39 is 12.1 Å². The van der Waals surface area contributed by atoms with Gasteiger partial charge in [0.15, 0.2) is 6.10 Å². The standard InChI is InChI=1S/C59H102O6/c1-4-7-10-13-16-18-20-22-24-26-28-29-31-32-34-36-38-40-43-46-49-52-58(61)64-55-56(54-63-57(60)51-48-45-42-15-12-9-6-3)65-59(62)53-50-47-44-41-39-37-35-33-30-27-25-23-21-19-17-14-11-8-5-2/h8,11,17,19,23,25,30,33,37,39,44,47,56H,4-7,9-10,12-16,18,20-22,24,26-29,31-32,34-36,38,40-43,45-46,48-55H2,1-3H3/b11-8-,19-17-,25-23-,33-30-,39-37-,47-44-. The molecule has 0 heterocycles. The first kappa shape index (κ1) is 61.9. The summed E-state index contributed by atoms with van der Waals surface area (Å²) in [5.41, 5.74) is 0. The number of ether oxygens (including phenoxy) is 3. The Kier molecular flexibility index (Phi) is 50.9. The number of hydrogen-bond donors (Lipinski definition) is 0. The summed E-state index contributed by atoms with van der Waals surface area (Å²) in [4.78, 5) is 37.8. The first-order valence-corrected chi connectivity index (χ1v) is 27.4. The van der Waals surface area contributed by atoms with Gasteiger partial charge in [0, 0.05) is 19.3 Å². The minimum atomic E-state index is -0.811. The zero-order valence-electron chi connectivity index (χ0n) is 42.7. The zero-order chi connectivity index (χ0) is 47.2. The van der Waals surface area contributed by atoms with Crippen LogP contribution in [-0.4, -0.2) is 37.2 Å². The number of esters is 3. The molecule has 0 aromatic rings. The molecule has 0 bridgehead atoms. The molecule has 0 aromatic heterocycles. The van der Waals surface area contributed by atoms with Gasteiger partial charge in [0.1, 0.15) is 13.2 Å². The van der Waals surface area contributed by atoms with Crippen molar-refractivity contribution in [3.63, 3.8) is 0 Å².